The first-order valence-corrected chi connectivity index (χ1v) is 8.52. The fourth-order valence-electron chi connectivity index (χ4n) is 2.39. The van der Waals surface area contributed by atoms with Gasteiger partial charge in [0, 0.05) is 7.11 Å². The van der Waals surface area contributed by atoms with Gasteiger partial charge in [0.05, 0.1) is 6.10 Å². The zero-order valence-corrected chi connectivity index (χ0v) is 13.6. The Balaban J connectivity index is 3.30. The van der Waals surface area contributed by atoms with E-state index >= 15 is 0 Å². The van der Waals surface area contributed by atoms with Crippen LogP contribution in [0, 0.1) is 0 Å². The number of rotatable bonds is 14. The number of hydrogen-bond acceptors (Lipinski definition) is 1. The van der Waals surface area contributed by atoms with Crippen LogP contribution >= 0.6 is 0 Å². The minimum absolute atomic E-state index is 0.510. The Hall–Kier alpha value is -0.300. The lowest BCUT2D eigenvalue weighted by atomic mass is 10.0. The average Bonchev–Trinajstić information content (AvgIpc) is 2.43. The molecule has 0 aliphatic heterocycles. The first-order chi connectivity index (χ1) is 9.35. The highest BCUT2D eigenvalue weighted by Crippen LogP contribution is 2.14. The lowest BCUT2D eigenvalue weighted by Gasteiger charge is -2.14. The lowest BCUT2D eigenvalue weighted by molar-refractivity contribution is 0.0833. The molecule has 0 aromatic carbocycles. The molecular weight excluding hydrogens is 232 g/mol. The highest BCUT2D eigenvalue weighted by molar-refractivity contribution is 4.80. The van der Waals surface area contributed by atoms with Crippen LogP contribution in [0.25, 0.3) is 0 Å². The van der Waals surface area contributed by atoms with Crippen LogP contribution in [0.4, 0.5) is 0 Å². The van der Waals surface area contributed by atoms with E-state index in [2.05, 4.69) is 26.0 Å². The molecule has 19 heavy (non-hydrogen) atoms. The first-order valence-electron chi connectivity index (χ1n) is 8.52. The van der Waals surface area contributed by atoms with E-state index in [1.54, 1.807) is 0 Å². The normalized spacial score (nSPS) is 13.2. The summed E-state index contributed by atoms with van der Waals surface area (Å²) in [5.41, 5.74) is 0. The van der Waals surface area contributed by atoms with Crippen molar-refractivity contribution in [3.63, 3.8) is 0 Å². The van der Waals surface area contributed by atoms with Crippen molar-refractivity contribution in [3.8, 4) is 0 Å². The van der Waals surface area contributed by atoms with Gasteiger partial charge >= 0.3 is 0 Å². The summed E-state index contributed by atoms with van der Waals surface area (Å²) in [6.45, 7) is 4.49. The molecule has 0 aromatic heterocycles. The molecule has 1 heteroatoms. The van der Waals surface area contributed by atoms with Crippen molar-refractivity contribution in [2.75, 3.05) is 7.11 Å². The Morgan fingerprint density at radius 2 is 1.37 bits per heavy atom. The fraction of sp³-hybridized carbons (Fsp3) is 0.889. The van der Waals surface area contributed by atoms with Gasteiger partial charge in [-0.15, -0.1) is 0 Å². The topological polar surface area (TPSA) is 9.23 Å². The van der Waals surface area contributed by atoms with Gasteiger partial charge in [-0.1, -0.05) is 70.9 Å². The van der Waals surface area contributed by atoms with Crippen molar-refractivity contribution >= 4 is 0 Å². The minimum Gasteiger partial charge on any atom is -0.381 e. The van der Waals surface area contributed by atoms with E-state index in [-0.39, 0.29) is 0 Å². The first kappa shape index (κ1) is 18.7. The predicted molar refractivity (Wildman–Crippen MR) is 86.7 cm³/mol. The monoisotopic (exact) mass is 268 g/mol. The standard InChI is InChI=1S/C18H36O/c1-4-6-8-9-10-11-12-13-15-17-18(19-3)16-14-7-5-2/h8-9,18H,4-7,10-17H2,1-3H3. The molecule has 0 fully saturated rings. The molecule has 0 radical (unpaired) electrons. The summed E-state index contributed by atoms with van der Waals surface area (Å²) in [6, 6.07) is 0. The second-order valence-electron chi connectivity index (χ2n) is 5.61. The van der Waals surface area contributed by atoms with Crippen LogP contribution in [-0.2, 0) is 4.74 Å². The van der Waals surface area contributed by atoms with Gasteiger partial charge in [-0.05, 0) is 32.1 Å². The quantitative estimate of drug-likeness (QED) is 0.266. The van der Waals surface area contributed by atoms with Crippen molar-refractivity contribution in [2.45, 2.75) is 97.0 Å². The number of ether oxygens (including phenoxy) is 1. The highest BCUT2D eigenvalue weighted by atomic mass is 16.5. The zero-order chi connectivity index (χ0) is 14.2. The summed E-state index contributed by atoms with van der Waals surface area (Å²) in [5, 5.41) is 0. The molecule has 0 saturated carbocycles. The van der Waals surface area contributed by atoms with Crippen molar-refractivity contribution in [1.29, 1.82) is 0 Å². The van der Waals surface area contributed by atoms with Crippen molar-refractivity contribution < 1.29 is 4.74 Å². The molecule has 0 aliphatic rings. The maximum absolute atomic E-state index is 5.56. The molecule has 114 valence electrons. The van der Waals surface area contributed by atoms with E-state index in [1.807, 2.05) is 7.11 Å². The molecule has 0 spiro atoms. The van der Waals surface area contributed by atoms with Gasteiger partial charge in [0.15, 0.2) is 0 Å². The van der Waals surface area contributed by atoms with Crippen LogP contribution < -0.4 is 0 Å². The smallest absolute Gasteiger partial charge is 0.0571 e. The van der Waals surface area contributed by atoms with Crippen LogP contribution in [0.2, 0.25) is 0 Å². The van der Waals surface area contributed by atoms with Crippen LogP contribution in [0.3, 0.4) is 0 Å². The molecule has 0 aliphatic carbocycles. The summed E-state index contributed by atoms with van der Waals surface area (Å²) in [7, 11) is 1.87. The summed E-state index contributed by atoms with van der Waals surface area (Å²) in [4.78, 5) is 0. The molecule has 1 atom stereocenters. The third-order valence-corrected chi connectivity index (χ3v) is 3.73. The Morgan fingerprint density at radius 1 is 0.737 bits per heavy atom. The number of hydrogen-bond donors (Lipinski definition) is 0. The van der Waals surface area contributed by atoms with Gasteiger partial charge in [-0.2, -0.15) is 0 Å². The Bertz CT molecular complexity index is 186. The molecule has 0 amide bonds. The highest BCUT2D eigenvalue weighted by Gasteiger charge is 2.05. The molecule has 0 heterocycles. The fourth-order valence-corrected chi connectivity index (χ4v) is 2.39. The number of methoxy groups -OCH3 is 1. The maximum atomic E-state index is 5.56. The summed E-state index contributed by atoms with van der Waals surface area (Å²) in [6.07, 6.45) is 20.9. The third-order valence-electron chi connectivity index (χ3n) is 3.73. The third kappa shape index (κ3) is 13.9. The SMILES string of the molecule is CCCC=CCCCCCCC(CCCCC)OC. The van der Waals surface area contributed by atoms with Gasteiger partial charge in [0.2, 0.25) is 0 Å². The molecule has 0 N–H and O–H groups in total. The molecule has 0 bridgehead atoms. The van der Waals surface area contributed by atoms with Gasteiger partial charge in [-0.25, -0.2) is 0 Å². The van der Waals surface area contributed by atoms with E-state index < -0.39 is 0 Å². The van der Waals surface area contributed by atoms with Crippen molar-refractivity contribution in [3.05, 3.63) is 12.2 Å². The zero-order valence-electron chi connectivity index (χ0n) is 13.6. The summed E-state index contributed by atoms with van der Waals surface area (Å²) < 4.78 is 5.56. The second-order valence-corrected chi connectivity index (χ2v) is 5.61. The Kier molecular flexibility index (Phi) is 15.5. The van der Waals surface area contributed by atoms with E-state index in [4.69, 9.17) is 4.74 Å². The van der Waals surface area contributed by atoms with E-state index in [0.29, 0.717) is 6.10 Å². The van der Waals surface area contributed by atoms with Crippen molar-refractivity contribution in [2.24, 2.45) is 0 Å². The molecule has 0 saturated heterocycles. The second kappa shape index (κ2) is 15.8. The van der Waals surface area contributed by atoms with Gasteiger partial charge < -0.3 is 4.74 Å². The molecule has 0 aromatic rings. The van der Waals surface area contributed by atoms with Gasteiger partial charge in [0.1, 0.15) is 0 Å². The van der Waals surface area contributed by atoms with Crippen molar-refractivity contribution in [1.82, 2.24) is 0 Å². The number of allylic oxidation sites excluding steroid dienone is 2. The summed E-state index contributed by atoms with van der Waals surface area (Å²) >= 11 is 0. The van der Waals surface area contributed by atoms with Gasteiger partial charge in [-0.3, -0.25) is 0 Å². The molecule has 1 nitrogen and oxygen atoms in total. The maximum Gasteiger partial charge on any atom is 0.0571 e. The summed E-state index contributed by atoms with van der Waals surface area (Å²) in [5.74, 6) is 0. The predicted octanol–water partition coefficient (Wildman–Crippen LogP) is 6.28. The number of unbranched alkanes of at least 4 members (excludes halogenated alkanes) is 7. The van der Waals surface area contributed by atoms with Crippen LogP contribution in [0.15, 0.2) is 12.2 Å². The van der Waals surface area contributed by atoms with Crippen LogP contribution in [-0.4, -0.2) is 13.2 Å². The molecule has 0 rings (SSSR count). The molecular formula is C18H36O. The van der Waals surface area contributed by atoms with E-state index in [1.165, 1.54) is 77.0 Å². The van der Waals surface area contributed by atoms with E-state index in [9.17, 15) is 0 Å². The van der Waals surface area contributed by atoms with Crippen LogP contribution in [0.1, 0.15) is 90.9 Å². The minimum atomic E-state index is 0.510. The molecule has 1 unspecified atom stereocenters. The average molecular weight is 268 g/mol. The van der Waals surface area contributed by atoms with Gasteiger partial charge in [0.25, 0.3) is 0 Å². The van der Waals surface area contributed by atoms with E-state index in [0.717, 1.165) is 0 Å². The Labute approximate surface area is 121 Å². The van der Waals surface area contributed by atoms with Crippen LogP contribution in [0.5, 0.6) is 0 Å². The largest absolute Gasteiger partial charge is 0.381 e. The Morgan fingerprint density at radius 3 is 2.00 bits per heavy atom. The lowest BCUT2D eigenvalue weighted by Crippen LogP contribution is -2.10.